The first-order valence-corrected chi connectivity index (χ1v) is 7.54. The van der Waals surface area contributed by atoms with Crippen LogP contribution in [0.5, 0.6) is 0 Å². The minimum absolute atomic E-state index is 0.0531. The number of aromatic amines is 1. The van der Waals surface area contributed by atoms with Crippen LogP contribution in [0.4, 0.5) is 13.2 Å². The smallest absolute Gasteiger partial charge is 0.344 e. The lowest BCUT2D eigenvalue weighted by Gasteiger charge is -2.00. The minimum Gasteiger partial charge on any atom is -0.344 e. The minimum atomic E-state index is -4.57. The predicted octanol–water partition coefficient (Wildman–Crippen LogP) is 2.88. The van der Waals surface area contributed by atoms with E-state index >= 15 is 0 Å². The molecule has 0 unspecified atom stereocenters. The zero-order chi connectivity index (χ0) is 17.2. The van der Waals surface area contributed by atoms with Crippen LogP contribution in [-0.4, -0.2) is 26.3 Å². The Morgan fingerprint density at radius 3 is 2.62 bits per heavy atom. The van der Waals surface area contributed by atoms with Crippen LogP contribution in [0.15, 0.2) is 36.4 Å². The molecule has 0 saturated heterocycles. The third-order valence-corrected chi connectivity index (χ3v) is 3.98. The first kappa shape index (κ1) is 16.1. The first-order valence-electron chi connectivity index (χ1n) is 6.72. The number of rotatable bonds is 4. The molecule has 0 aliphatic heterocycles. The van der Waals surface area contributed by atoms with Crippen LogP contribution in [0.25, 0.3) is 10.6 Å². The monoisotopic (exact) mass is 353 g/mol. The summed E-state index contributed by atoms with van der Waals surface area (Å²) < 4.78 is 37.4. The molecule has 0 saturated carbocycles. The zero-order valence-electron chi connectivity index (χ0n) is 12.0. The lowest BCUT2D eigenvalue weighted by molar-refractivity contribution is -0.141. The van der Waals surface area contributed by atoms with Crippen molar-refractivity contribution in [2.45, 2.75) is 12.7 Å². The topological polar surface area (TPSA) is 83.6 Å². The average molecular weight is 353 g/mol. The van der Waals surface area contributed by atoms with Gasteiger partial charge in [-0.2, -0.15) is 18.3 Å². The third-order valence-electron chi connectivity index (χ3n) is 3.00. The lowest BCUT2D eigenvalue weighted by atomic mass is 10.2. The van der Waals surface area contributed by atoms with Gasteiger partial charge in [0.05, 0.1) is 6.54 Å². The van der Waals surface area contributed by atoms with Crippen molar-refractivity contribution < 1.29 is 18.0 Å². The van der Waals surface area contributed by atoms with Crippen molar-refractivity contribution >= 4 is 17.2 Å². The van der Waals surface area contributed by atoms with E-state index < -0.39 is 17.8 Å². The summed E-state index contributed by atoms with van der Waals surface area (Å²) >= 11 is 1.29. The number of carbonyl (C=O) groups is 1. The Bertz CT molecular complexity index is 843. The van der Waals surface area contributed by atoms with E-state index in [4.69, 9.17) is 0 Å². The van der Waals surface area contributed by atoms with Crippen LogP contribution in [0, 0.1) is 0 Å². The predicted molar refractivity (Wildman–Crippen MR) is 80.1 cm³/mol. The molecule has 3 rings (SSSR count). The molecule has 10 heteroatoms. The molecule has 0 spiro atoms. The van der Waals surface area contributed by atoms with E-state index in [1.54, 1.807) is 5.10 Å². The summed E-state index contributed by atoms with van der Waals surface area (Å²) in [7, 11) is 0. The summed E-state index contributed by atoms with van der Waals surface area (Å²) in [4.78, 5) is 11.8. The highest BCUT2D eigenvalue weighted by Crippen LogP contribution is 2.27. The highest BCUT2D eigenvalue weighted by molar-refractivity contribution is 7.14. The maximum atomic E-state index is 12.5. The van der Waals surface area contributed by atoms with Crippen molar-refractivity contribution in [1.29, 1.82) is 0 Å². The van der Waals surface area contributed by atoms with Gasteiger partial charge in [-0.15, -0.1) is 10.2 Å². The lowest BCUT2D eigenvalue weighted by Crippen LogP contribution is -2.23. The molecule has 2 heterocycles. The van der Waals surface area contributed by atoms with E-state index in [9.17, 15) is 18.0 Å². The maximum Gasteiger partial charge on any atom is 0.432 e. The molecule has 2 aromatic heterocycles. The Labute approximate surface area is 137 Å². The van der Waals surface area contributed by atoms with Crippen molar-refractivity contribution in [3.05, 3.63) is 52.8 Å². The Hall–Kier alpha value is -2.75. The van der Waals surface area contributed by atoms with Gasteiger partial charge in [0.1, 0.15) is 15.7 Å². The van der Waals surface area contributed by atoms with Crippen molar-refractivity contribution in [2.75, 3.05) is 0 Å². The molecule has 1 aromatic carbocycles. The van der Waals surface area contributed by atoms with Gasteiger partial charge in [0.2, 0.25) is 0 Å². The average Bonchev–Trinajstić information content (AvgIpc) is 3.22. The fraction of sp³-hybridized carbons (Fsp3) is 0.143. The van der Waals surface area contributed by atoms with Gasteiger partial charge < -0.3 is 5.32 Å². The Morgan fingerprint density at radius 2 is 1.96 bits per heavy atom. The van der Waals surface area contributed by atoms with Crippen LogP contribution in [0.2, 0.25) is 0 Å². The molecule has 0 bridgehead atoms. The Kier molecular flexibility index (Phi) is 4.30. The van der Waals surface area contributed by atoms with Crippen molar-refractivity contribution in [3.63, 3.8) is 0 Å². The van der Waals surface area contributed by atoms with Crippen LogP contribution in [-0.2, 0) is 12.7 Å². The van der Waals surface area contributed by atoms with Crippen LogP contribution in [0.1, 0.15) is 21.2 Å². The van der Waals surface area contributed by atoms with E-state index in [-0.39, 0.29) is 12.2 Å². The molecular formula is C14H10F3N5OS. The molecule has 24 heavy (non-hydrogen) atoms. The van der Waals surface area contributed by atoms with E-state index in [1.165, 1.54) is 11.3 Å². The van der Waals surface area contributed by atoms with E-state index in [0.717, 1.165) is 5.56 Å². The molecule has 0 radical (unpaired) electrons. The molecule has 2 N–H and O–H groups in total. The van der Waals surface area contributed by atoms with Gasteiger partial charge in [-0.25, -0.2) is 0 Å². The van der Waals surface area contributed by atoms with Crippen LogP contribution in [0.3, 0.4) is 0 Å². The number of nitrogens with one attached hydrogen (secondary N) is 2. The number of hydrogen-bond acceptors (Lipinski definition) is 5. The summed E-state index contributed by atoms with van der Waals surface area (Å²) in [5, 5.41) is 16.8. The van der Waals surface area contributed by atoms with Gasteiger partial charge in [0.15, 0.2) is 5.69 Å². The van der Waals surface area contributed by atoms with E-state index in [2.05, 4.69) is 20.6 Å². The normalized spacial score (nSPS) is 11.5. The van der Waals surface area contributed by atoms with E-state index in [1.807, 2.05) is 30.3 Å². The second kappa shape index (κ2) is 6.40. The fourth-order valence-electron chi connectivity index (χ4n) is 1.85. The van der Waals surface area contributed by atoms with Gasteiger partial charge in [-0.05, 0) is 0 Å². The molecule has 6 nitrogen and oxygen atoms in total. The fourth-order valence-corrected chi connectivity index (χ4v) is 2.64. The van der Waals surface area contributed by atoms with Gasteiger partial charge in [0, 0.05) is 11.6 Å². The number of benzene rings is 1. The Balaban J connectivity index is 1.63. The highest BCUT2D eigenvalue weighted by atomic mass is 32.1. The SMILES string of the molecule is O=C(NCc1nnc(-c2ccccc2)s1)c1cc(C(F)(F)F)[nH]n1. The number of nitrogens with zero attached hydrogens (tertiary/aromatic N) is 3. The maximum absolute atomic E-state index is 12.5. The number of aromatic nitrogens is 4. The third kappa shape index (κ3) is 3.59. The largest absolute Gasteiger partial charge is 0.432 e. The molecule has 0 fully saturated rings. The number of hydrogen-bond donors (Lipinski definition) is 2. The summed E-state index contributed by atoms with van der Waals surface area (Å²) in [6.45, 7) is 0.0531. The standard InChI is InChI=1S/C14H10F3N5OS/c15-14(16,17)10-6-9(19-20-10)12(23)18-7-11-21-22-13(24-11)8-4-2-1-3-5-8/h1-6H,7H2,(H,18,23)(H,19,20). The highest BCUT2D eigenvalue weighted by Gasteiger charge is 2.33. The summed E-state index contributed by atoms with van der Waals surface area (Å²) in [5.74, 6) is -0.724. The number of amides is 1. The second-order valence-corrected chi connectivity index (χ2v) is 5.78. The summed E-state index contributed by atoms with van der Waals surface area (Å²) in [6, 6.07) is 10.0. The van der Waals surface area contributed by atoms with Crippen molar-refractivity contribution in [2.24, 2.45) is 0 Å². The second-order valence-electron chi connectivity index (χ2n) is 4.71. The summed E-state index contributed by atoms with van der Waals surface area (Å²) in [6.07, 6.45) is -4.57. The Morgan fingerprint density at radius 1 is 1.21 bits per heavy atom. The molecule has 0 aliphatic rings. The summed E-state index contributed by atoms with van der Waals surface area (Å²) in [5.41, 5.74) is -0.514. The van der Waals surface area contributed by atoms with Gasteiger partial charge in [0.25, 0.3) is 5.91 Å². The number of halogens is 3. The van der Waals surface area contributed by atoms with Gasteiger partial charge >= 0.3 is 6.18 Å². The molecule has 124 valence electrons. The molecular weight excluding hydrogens is 343 g/mol. The van der Waals surface area contributed by atoms with Gasteiger partial charge in [-0.3, -0.25) is 9.89 Å². The molecule has 1 amide bonds. The number of alkyl halides is 3. The molecule has 0 atom stereocenters. The van der Waals surface area contributed by atoms with E-state index in [0.29, 0.717) is 16.1 Å². The quantitative estimate of drug-likeness (QED) is 0.755. The van der Waals surface area contributed by atoms with Crippen LogP contribution < -0.4 is 5.32 Å². The number of carbonyl (C=O) groups excluding carboxylic acids is 1. The van der Waals surface area contributed by atoms with Crippen molar-refractivity contribution in [3.8, 4) is 10.6 Å². The first-order chi connectivity index (χ1) is 11.4. The molecule has 3 aromatic rings. The number of H-pyrrole nitrogens is 1. The zero-order valence-corrected chi connectivity index (χ0v) is 12.8. The van der Waals surface area contributed by atoms with Crippen LogP contribution >= 0.6 is 11.3 Å². The van der Waals surface area contributed by atoms with Gasteiger partial charge in [-0.1, -0.05) is 41.7 Å². The van der Waals surface area contributed by atoms with Crippen molar-refractivity contribution in [1.82, 2.24) is 25.7 Å². The molecule has 0 aliphatic carbocycles.